The van der Waals surface area contributed by atoms with Gasteiger partial charge in [-0.3, -0.25) is 9.88 Å². The number of rotatable bonds is 6. The second-order valence-corrected chi connectivity index (χ2v) is 4.88. The lowest BCUT2D eigenvalue weighted by Gasteiger charge is -2.10. The van der Waals surface area contributed by atoms with Crippen LogP contribution in [-0.4, -0.2) is 37.2 Å². The molecule has 114 valence electrons. The predicted octanol–water partition coefficient (Wildman–Crippen LogP) is 1.71. The van der Waals surface area contributed by atoms with E-state index in [9.17, 15) is 0 Å². The third-order valence-electron chi connectivity index (χ3n) is 3.04. The summed E-state index contributed by atoms with van der Waals surface area (Å²) < 4.78 is 10.4. The van der Waals surface area contributed by atoms with Crippen LogP contribution in [0.5, 0.6) is 0 Å². The van der Waals surface area contributed by atoms with Gasteiger partial charge in [0.05, 0.1) is 13.1 Å². The van der Waals surface area contributed by atoms with E-state index in [1.807, 2.05) is 31.0 Å². The van der Waals surface area contributed by atoms with Gasteiger partial charge in [-0.25, -0.2) is 0 Å². The Hall–Kier alpha value is -2.61. The van der Waals surface area contributed by atoms with Crippen LogP contribution < -0.4 is 0 Å². The molecule has 0 aliphatic heterocycles. The first-order chi connectivity index (χ1) is 10.7. The fourth-order valence-corrected chi connectivity index (χ4v) is 1.95. The zero-order chi connectivity index (χ0) is 15.4. The Morgan fingerprint density at radius 2 is 1.68 bits per heavy atom. The van der Waals surface area contributed by atoms with Crippen molar-refractivity contribution in [2.75, 3.05) is 7.05 Å². The first-order valence-electron chi connectivity index (χ1n) is 6.97. The van der Waals surface area contributed by atoms with E-state index in [-0.39, 0.29) is 0 Å². The van der Waals surface area contributed by atoms with Crippen LogP contribution in [-0.2, 0) is 19.5 Å². The highest BCUT2D eigenvalue weighted by Crippen LogP contribution is 2.15. The van der Waals surface area contributed by atoms with Crippen molar-refractivity contribution in [3.8, 4) is 11.4 Å². The maximum absolute atomic E-state index is 5.26. The van der Waals surface area contributed by atoms with Gasteiger partial charge < -0.3 is 9.05 Å². The van der Waals surface area contributed by atoms with Crippen molar-refractivity contribution in [3.05, 3.63) is 42.1 Å². The molecule has 0 aromatic carbocycles. The number of aromatic nitrogens is 5. The van der Waals surface area contributed by atoms with Gasteiger partial charge in [0.25, 0.3) is 0 Å². The largest absolute Gasteiger partial charge is 0.338 e. The van der Waals surface area contributed by atoms with E-state index in [2.05, 4.69) is 25.3 Å². The van der Waals surface area contributed by atoms with Crippen molar-refractivity contribution < 1.29 is 9.05 Å². The zero-order valence-electron chi connectivity index (χ0n) is 12.4. The lowest BCUT2D eigenvalue weighted by atomic mass is 10.2. The summed E-state index contributed by atoms with van der Waals surface area (Å²) in [5.74, 6) is 2.37. The average molecular weight is 300 g/mol. The average Bonchev–Trinajstić information content (AvgIpc) is 3.17. The lowest BCUT2D eigenvalue weighted by molar-refractivity contribution is 0.229. The monoisotopic (exact) mass is 300 g/mol. The van der Waals surface area contributed by atoms with Gasteiger partial charge in [0.15, 0.2) is 5.82 Å². The molecular weight excluding hydrogens is 284 g/mol. The SMILES string of the molecule is CCc1noc(CN(C)Cc2nc(-c3ccncc3)no2)n1. The number of hydrogen-bond donors (Lipinski definition) is 0. The van der Waals surface area contributed by atoms with Gasteiger partial charge in [-0.2, -0.15) is 9.97 Å². The Balaban J connectivity index is 1.62. The third kappa shape index (κ3) is 3.34. The number of aryl methyl sites for hydroxylation is 1. The van der Waals surface area contributed by atoms with Crippen LogP contribution in [0.1, 0.15) is 24.5 Å². The fraction of sp³-hybridized carbons (Fsp3) is 0.357. The number of pyridine rings is 1. The molecular formula is C14H16N6O2. The summed E-state index contributed by atoms with van der Waals surface area (Å²) in [6.45, 7) is 3.01. The molecule has 3 aromatic rings. The van der Waals surface area contributed by atoms with Crippen molar-refractivity contribution in [3.63, 3.8) is 0 Å². The molecule has 0 aliphatic rings. The van der Waals surface area contributed by atoms with Crippen LogP contribution in [0.4, 0.5) is 0 Å². The third-order valence-corrected chi connectivity index (χ3v) is 3.04. The van der Waals surface area contributed by atoms with E-state index in [1.165, 1.54) is 0 Å². The van der Waals surface area contributed by atoms with Gasteiger partial charge in [0.2, 0.25) is 17.6 Å². The molecule has 8 heteroatoms. The van der Waals surface area contributed by atoms with E-state index in [4.69, 9.17) is 9.05 Å². The van der Waals surface area contributed by atoms with E-state index >= 15 is 0 Å². The van der Waals surface area contributed by atoms with E-state index in [0.717, 1.165) is 12.0 Å². The maximum atomic E-state index is 5.26. The van der Waals surface area contributed by atoms with Gasteiger partial charge in [-0.15, -0.1) is 0 Å². The van der Waals surface area contributed by atoms with Crippen LogP contribution in [0.15, 0.2) is 33.6 Å². The summed E-state index contributed by atoms with van der Waals surface area (Å²) in [4.78, 5) is 14.6. The van der Waals surface area contributed by atoms with Crippen LogP contribution >= 0.6 is 0 Å². The summed E-state index contributed by atoms with van der Waals surface area (Å²) in [5, 5.41) is 7.84. The Kier molecular flexibility index (Phi) is 4.19. The molecule has 0 saturated heterocycles. The van der Waals surface area contributed by atoms with Crippen LogP contribution in [0, 0.1) is 0 Å². The van der Waals surface area contributed by atoms with E-state index in [1.54, 1.807) is 12.4 Å². The molecule has 0 aliphatic carbocycles. The first kappa shape index (κ1) is 14.3. The summed E-state index contributed by atoms with van der Waals surface area (Å²) in [7, 11) is 1.92. The van der Waals surface area contributed by atoms with Crippen molar-refractivity contribution in [1.82, 2.24) is 30.2 Å². The molecule has 0 radical (unpaired) electrons. The highest BCUT2D eigenvalue weighted by atomic mass is 16.5. The molecule has 0 bridgehead atoms. The normalized spacial score (nSPS) is 11.2. The molecule has 0 spiro atoms. The highest BCUT2D eigenvalue weighted by Gasteiger charge is 2.13. The van der Waals surface area contributed by atoms with Gasteiger partial charge in [-0.1, -0.05) is 17.2 Å². The second kappa shape index (κ2) is 6.44. The standard InChI is InChI=1S/C14H16N6O2/c1-3-11-16-12(21-18-11)8-20(2)9-13-17-14(19-22-13)10-4-6-15-7-5-10/h4-7H,3,8-9H2,1-2H3. The molecule has 22 heavy (non-hydrogen) atoms. The Labute approximate surface area is 127 Å². The van der Waals surface area contributed by atoms with Gasteiger partial charge >= 0.3 is 0 Å². The van der Waals surface area contributed by atoms with Crippen LogP contribution in [0.2, 0.25) is 0 Å². The minimum Gasteiger partial charge on any atom is -0.338 e. The van der Waals surface area contributed by atoms with Crippen molar-refractivity contribution >= 4 is 0 Å². The van der Waals surface area contributed by atoms with E-state index < -0.39 is 0 Å². The summed E-state index contributed by atoms with van der Waals surface area (Å²) in [6, 6.07) is 3.67. The minimum absolute atomic E-state index is 0.502. The van der Waals surface area contributed by atoms with Gasteiger partial charge in [-0.05, 0) is 19.2 Å². The zero-order valence-corrected chi connectivity index (χ0v) is 12.4. The van der Waals surface area contributed by atoms with E-state index in [0.29, 0.717) is 36.5 Å². The maximum Gasteiger partial charge on any atom is 0.241 e. The fourth-order valence-electron chi connectivity index (χ4n) is 1.95. The molecule has 3 heterocycles. The Morgan fingerprint density at radius 3 is 2.36 bits per heavy atom. The number of hydrogen-bond acceptors (Lipinski definition) is 8. The Morgan fingerprint density at radius 1 is 1.00 bits per heavy atom. The van der Waals surface area contributed by atoms with Crippen LogP contribution in [0.25, 0.3) is 11.4 Å². The van der Waals surface area contributed by atoms with Crippen molar-refractivity contribution in [2.45, 2.75) is 26.4 Å². The molecule has 0 atom stereocenters. The highest BCUT2D eigenvalue weighted by molar-refractivity contribution is 5.52. The molecule has 3 rings (SSSR count). The minimum atomic E-state index is 0.502. The number of nitrogens with zero attached hydrogens (tertiary/aromatic N) is 6. The summed E-state index contributed by atoms with van der Waals surface area (Å²) >= 11 is 0. The molecule has 0 unspecified atom stereocenters. The summed E-state index contributed by atoms with van der Waals surface area (Å²) in [5.41, 5.74) is 0.872. The summed E-state index contributed by atoms with van der Waals surface area (Å²) in [6.07, 6.45) is 4.14. The lowest BCUT2D eigenvalue weighted by Crippen LogP contribution is -2.17. The molecule has 0 fully saturated rings. The molecule has 8 nitrogen and oxygen atoms in total. The van der Waals surface area contributed by atoms with Crippen molar-refractivity contribution in [2.24, 2.45) is 0 Å². The smallest absolute Gasteiger partial charge is 0.241 e. The topological polar surface area (TPSA) is 94.0 Å². The quantitative estimate of drug-likeness (QED) is 0.679. The molecule has 0 saturated carbocycles. The second-order valence-electron chi connectivity index (χ2n) is 4.88. The predicted molar refractivity (Wildman–Crippen MR) is 76.4 cm³/mol. The molecule has 0 N–H and O–H groups in total. The molecule has 0 amide bonds. The Bertz CT molecular complexity index is 724. The van der Waals surface area contributed by atoms with Crippen LogP contribution in [0.3, 0.4) is 0 Å². The van der Waals surface area contributed by atoms with Gasteiger partial charge in [0.1, 0.15) is 0 Å². The molecule has 3 aromatic heterocycles. The van der Waals surface area contributed by atoms with Gasteiger partial charge in [0, 0.05) is 24.4 Å². The van der Waals surface area contributed by atoms with Crippen molar-refractivity contribution in [1.29, 1.82) is 0 Å². The first-order valence-corrected chi connectivity index (χ1v) is 6.97.